The van der Waals surface area contributed by atoms with E-state index >= 15 is 0 Å². The fourth-order valence-electron chi connectivity index (χ4n) is 1.84. The molecule has 0 saturated carbocycles. The molecule has 1 atom stereocenters. The summed E-state index contributed by atoms with van der Waals surface area (Å²) in [7, 11) is 1.37. The van der Waals surface area contributed by atoms with Gasteiger partial charge in [0, 0.05) is 24.8 Å². The van der Waals surface area contributed by atoms with Crippen LogP contribution in [0.2, 0.25) is 0 Å². The van der Waals surface area contributed by atoms with Crippen molar-refractivity contribution in [1.29, 1.82) is 0 Å². The number of anilines is 1. The Hall–Kier alpha value is -2.31. The van der Waals surface area contributed by atoms with Crippen LogP contribution < -0.4 is 9.64 Å². The van der Waals surface area contributed by atoms with Gasteiger partial charge in [0.15, 0.2) is 5.75 Å². The molecule has 1 rings (SSSR count). The van der Waals surface area contributed by atoms with Crippen molar-refractivity contribution in [1.82, 2.24) is 0 Å². The predicted octanol–water partition coefficient (Wildman–Crippen LogP) is 2.15. The Morgan fingerprint density at radius 3 is 2.65 bits per heavy atom. The maximum atomic E-state index is 11.0. The zero-order valence-corrected chi connectivity index (χ0v) is 11.7. The standard InChI is InChI=1S/C13H18N2O5/c1-4-14(8-9(2)13(16)17)10-5-6-12(20-3)11(7-10)15(18)19/h5-7,9H,4,8H2,1-3H3,(H,16,17). The molecule has 0 saturated heterocycles. The molecular formula is C13H18N2O5. The molecule has 7 nitrogen and oxygen atoms in total. The lowest BCUT2D eigenvalue weighted by atomic mass is 10.1. The van der Waals surface area contributed by atoms with E-state index in [1.54, 1.807) is 17.9 Å². The van der Waals surface area contributed by atoms with Crippen molar-refractivity contribution >= 4 is 17.3 Å². The normalized spacial score (nSPS) is 11.8. The van der Waals surface area contributed by atoms with Crippen molar-refractivity contribution < 1.29 is 19.6 Å². The van der Waals surface area contributed by atoms with E-state index in [1.807, 2.05) is 6.92 Å². The number of carbonyl (C=O) groups is 1. The van der Waals surface area contributed by atoms with Crippen molar-refractivity contribution in [3.8, 4) is 5.75 Å². The zero-order chi connectivity index (χ0) is 15.3. The molecule has 0 aliphatic heterocycles. The van der Waals surface area contributed by atoms with E-state index in [2.05, 4.69) is 0 Å². The lowest BCUT2D eigenvalue weighted by molar-refractivity contribution is -0.385. The maximum absolute atomic E-state index is 11.0. The van der Waals surface area contributed by atoms with Crippen LogP contribution >= 0.6 is 0 Å². The van der Waals surface area contributed by atoms with Crippen LogP contribution in [-0.2, 0) is 4.79 Å². The van der Waals surface area contributed by atoms with Gasteiger partial charge in [0.05, 0.1) is 18.0 Å². The Labute approximate surface area is 116 Å². The van der Waals surface area contributed by atoms with Gasteiger partial charge in [-0.2, -0.15) is 0 Å². The van der Waals surface area contributed by atoms with Gasteiger partial charge in [0.2, 0.25) is 0 Å². The van der Waals surface area contributed by atoms with Crippen molar-refractivity contribution in [3.05, 3.63) is 28.3 Å². The number of benzene rings is 1. The fourth-order valence-corrected chi connectivity index (χ4v) is 1.84. The molecule has 0 amide bonds. The summed E-state index contributed by atoms with van der Waals surface area (Å²) in [5.74, 6) is -1.27. The van der Waals surface area contributed by atoms with Crippen LogP contribution in [0.15, 0.2) is 18.2 Å². The van der Waals surface area contributed by atoms with Gasteiger partial charge in [-0.05, 0) is 19.1 Å². The van der Waals surface area contributed by atoms with E-state index in [-0.39, 0.29) is 18.0 Å². The summed E-state index contributed by atoms with van der Waals surface area (Å²) in [4.78, 5) is 23.2. The van der Waals surface area contributed by atoms with Crippen molar-refractivity contribution in [2.45, 2.75) is 13.8 Å². The number of rotatable bonds is 7. The highest BCUT2D eigenvalue weighted by Gasteiger charge is 2.20. The molecule has 0 heterocycles. The van der Waals surface area contributed by atoms with E-state index in [4.69, 9.17) is 9.84 Å². The van der Waals surface area contributed by atoms with Crippen LogP contribution in [0.1, 0.15) is 13.8 Å². The highest BCUT2D eigenvalue weighted by Crippen LogP contribution is 2.31. The van der Waals surface area contributed by atoms with Crippen molar-refractivity contribution in [3.63, 3.8) is 0 Å². The van der Waals surface area contributed by atoms with Gasteiger partial charge in [-0.25, -0.2) is 0 Å². The van der Waals surface area contributed by atoms with Crippen LogP contribution in [0.25, 0.3) is 0 Å². The summed E-state index contributed by atoms with van der Waals surface area (Å²) in [6.07, 6.45) is 0. The molecule has 0 spiro atoms. The Balaban J connectivity index is 3.07. The second-order valence-corrected chi connectivity index (χ2v) is 4.39. The number of methoxy groups -OCH3 is 1. The van der Waals surface area contributed by atoms with Crippen LogP contribution in [0.5, 0.6) is 5.75 Å². The first-order chi connectivity index (χ1) is 9.40. The molecule has 0 aliphatic rings. The van der Waals surface area contributed by atoms with E-state index in [0.717, 1.165) is 0 Å². The van der Waals surface area contributed by atoms with Gasteiger partial charge in [-0.3, -0.25) is 14.9 Å². The monoisotopic (exact) mass is 282 g/mol. The topological polar surface area (TPSA) is 92.9 Å². The molecular weight excluding hydrogens is 264 g/mol. The minimum Gasteiger partial charge on any atom is -0.490 e. The van der Waals surface area contributed by atoms with E-state index < -0.39 is 16.8 Å². The highest BCUT2D eigenvalue weighted by atomic mass is 16.6. The smallest absolute Gasteiger partial charge is 0.312 e. The maximum Gasteiger partial charge on any atom is 0.312 e. The number of nitrogens with zero attached hydrogens (tertiary/aromatic N) is 2. The molecule has 0 aromatic heterocycles. The third-order valence-electron chi connectivity index (χ3n) is 3.02. The summed E-state index contributed by atoms with van der Waals surface area (Å²) < 4.78 is 4.94. The number of hydrogen-bond acceptors (Lipinski definition) is 5. The minimum absolute atomic E-state index is 0.133. The Morgan fingerprint density at radius 1 is 1.55 bits per heavy atom. The van der Waals surface area contributed by atoms with Gasteiger partial charge in [0.1, 0.15) is 0 Å². The third kappa shape index (κ3) is 3.59. The van der Waals surface area contributed by atoms with Crippen molar-refractivity contribution in [2.75, 3.05) is 25.1 Å². The van der Waals surface area contributed by atoms with Gasteiger partial charge in [-0.1, -0.05) is 6.92 Å². The molecule has 20 heavy (non-hydrogen) atoms. The third-order valence-corrected chi connectivity index (χ3v) is 3.02. The summed E-state index contributed by atoms with van der Waals surface area (Å²) in [6, 6.07) is 4.60. The number of carboxylic acid groups (broad SMARTS) is 1. The Bertz CT molecular complexity index is 504. The van der Waals surface area contributed by atoms with Crippen LogP contribution in [-0.4, -0.2) is 36.2 Å². The largest absolute Gasteiger partial charge is 0.490 e. The van der Waals surface area contributed by atoms with E-state index in [1.165, 1.54) is 19.2 Å². The van der Waals surface area contributed by atoms with Crippen LogP contribution in [0.3, 0.4) is 0 Å². The molecule has 0 aliphatic carbocycles. The number of nitro groups is 1. The second-order valence-electron chi connectivity index (χ2n) is 4.39. The van der Waals surface area contributed by atoms with Gasteiger partial charge in [-0.15, -0.1) is 0 Å². The van der Waals surface area contributed by atoms with Crippen LogP contribution in [0.4, 0.5) is 11.4 Å². The number of nitro benzene ring substituents is 1. The predicted molar refractivity (Wildman–Crippen MR) is 74.3 cm³/mol. The first-order valence-electron chi connectivity index (χ1n) is 6.20. The summed E-state index contributed by atoms with van der Waals surface area (Å²) >= 11 is 0. The lowest BCUT2D eigenvalue weighted by Crippen LogP contribution is -2.31. The number of ether oxygens (including phenoxy) is 1. The molecule has 110 valence electrons. The Kier molecular flexibility index (Phi) is 5.31. The quantitative estimate of drug-likeness (QED) is 0.608. The van der Waals surface area contributed by atoms with Gasteiger partial charge in [0.25, 0.3) is 0 Å². The second kappa shape index (κ2) is 6.74. The van der Waals surface area contributed by atoms with Gasteiger partial charge >= 0.3 is 11.7 Å². The first kappa shape index (κ1) is 15.7. The lowest BCUT2D eigenvalue weighted by Gasteiger charge is -2.25. The highest BCUT2D eigenvalue weighted by molar-refractivity contribution is 5.70. The SMILES string of the molecule is CCN(CC(C)C(=O)O)c1ccc(OC)c([N+](=O)[O-])c1. The average molecular weight is 282 g/mol. The summed E-state index contributed by atoms with van der Waals surface area (Å²) in [5, 5.41) is 19.9. The Morgan fingerprint density at radius 2 is 2.20 bits per heavy atom. The van der Waals surface area contributed by atoms with Crippen molar-refractivity contribution in [2.24, 2.45) is 5.92 Å². The minimum atomic E-state index is -0.897. The summed E-state index contributed by atoms with van der Waals surface area (Å²) in [5.41, 5.74) is 0.472. The molecule has 1 aromatic carbocycles. The molecule has 1 unspecified atom stereocenters. The molecule has 0 fully saturated rings. The zero-order valence-electron chi connectivity index (χ0n) is 11.7. The molecule has 1 N–H and O–H groups in total. The van der Waals surface area contributed by atoms with E-state index in [0.29, 0.717) is 12.2 Å². The summed E-state index contributed by atoms with van der Waals surface area (Å²) in [6.45, 7) is 4.31. The average Bonchev–Trinajstić information content (AvgIpc) is 2.43. The molecule has 1 aromatic rings. The fraction of sp³-hybridized carbons (Fsp3) is 0.462. The first-order valence-corrected chi connectivity index (χ1v) is 6.20. The number of carboxylic acids is 1. The molecule has 0 bridgehead atoms. The van der Waals surface area contributed by atoms with E-state index in [9.17, 15) is 14.9 Å². The molecule has 7 heteroatoms. The van der Waals surface area contributed by atoms with Crippen LogP contribution in [0, 0.1) is 16.0 Å². The van der Waals surface area contributed by atoms with Gasteiger partial charge < -0.3 is 14.7 Å². The number of hydrogen-bond donors (Lipinski definition) is 1. The number of aliphatic carboxylic acids is 1. The molecule has 0 radical (unpaired) electrons.